The van der Waals surface area contributed by atoms with Gasteiger partial charge in [-0.15, -0.1) is 0 Å². The van der Waals surface area contributed by atoms with Gasteiger partial charge in [-0.25, -0.2) is 0 Å². The molecule has 0 spiro atoms. The minimum absolute atomic E-state index is 0.0252. The van der Waals surface area contributed by atoms with Crippen LogP contribution in [0.4, 0.5) is 0 Å². The number of unbranched alkanes of at least 4 members (excludes halogenated alkanes) is 3. The summed E-state index contributed by atoms with van der Waals surface area (Å²) in [5.41, 5.74) is 0. The van der Waals surface area contributed by atoms with E-state index >= 15 is 0 Å². The van der Waals surface area contributed by atoms with Gasteiger partial charge in [0.1, 0.15) is 6.29 Å². The number of esters is 2. The number of carbonyl (C=O) groups excluding carboxylic acids is 3. The Labute approximate surface area is 173 Å². The first kappa shape index (κ1) is 23.8. The lowest BCUT2D eigenvalue weighted by Crippen LogP contribution is -2.46. The van der Waals surface area contributed by atoms with E-state index in [1.165, 1.54) is 14.0 Å². The molecule has 1 heterocycles. The smallest absolute Gasteiger partial charge is 0.305 e. The Morgan fingerprint density at radius 1 is 1.14 bits per heavy atom. The van der Waals surface area contributed by atoms with Gasteiger partial charge in [-0.1, -0.05) is 19.3 Å². The molecule has 2 aliphatic rings. The second-order valence-electron chi connectivity index (χ2n) is 8.16. The van der Waals surface area contributed by atoms with E-state index in [0.29, 0.717) is 25.9 Å². The monoisotopic (exact) mass is 412 g/mol. The maximum atomic E-state index is 11.9. The lowest BCUT2D eigenvalue weighted by molar-refractivity contribution is -0.319. The van der Waals surface area contributed by atoms with Crippen LogP contribution in [-0.2, 0) is 33.3 Å². The summed E-state index contributed by atoms with van der Waals surface area (Å²) < 4.78 is 22.5. The number of carbonyl (C=O) groups is 3. The molecule has 0 aromatic heterocycles. The number of ether oxygens (including phenoxy) is 4. The number of hydrogen-bond acceptors (Lipinski definition) is 7. The predicted molar refractivity (Wildman–Crippen MR) is 106 cm³/mol. The first-order valence-electron chi connectivity index (χ1n) is 11.0. The summed E-state index contributed by atoms with van der Waals surface area (Å²) >= 11 is 0. The number of hydrogen-bond donors (Lipinski definition) is 0. The average molecular weight is 413 g/mol. The van der Waals surface area contributed by atoms with Crippen LogP contribution in [0.15, 0.2) is 0 Å². The van der Waals surface area contributed by atoms with E-state index in [1.54, 1.807) is 0 Å². The van der Waals surface area contributed by atoms with Crippen LogP contribution >= 0.6 is 0 Å². The van der Waals surface area contributed by atoms with Gasteiger partial charge in [0.2, 0.25) is 5.79 Å². The largest absolute Gasteiger partial charge is 0.469 e. The molecule has 1 saturated carbocycles. The molecule has 0 bridgehead atoms. The molecule has 2 rings (SSSR count). The first-order chi connectivity index (χ1) is 14.0. The first-order valence-corrected chi connectivity index (χ1v) is 11.0. The number of aldehydes is 1. The molecule has 1 aliphatic heterocycles. The lowest BCUT2D eigenvalue weighted by atomic mass is 9.85. The zero-order chi connectivity index (χ0) is 21.1. The third-order valence-electron chi connectivity index (χ3n) is 6.06. The molecular formula is C22H36O7. The fourth-order valence-corrected chi connectivity index (χ4v) is 4.65. The SMILES string of the molecule is COC(=O)CCCCCCC1C(CC=O)CCC1(OC(C)=O)OC1CCCCO1. The molecule has 29 heavy (non-hydrogen) atoms. The Kier molecular flexibility index (Phi) is 10.1. The normalized spacial score (nSPS) is 29.4. The summed E-state index contributed by atoms with van der Waals surface area (Å²) in [6, 6.07) is 0. The van der Waals surface area contributed by atoms with E-state index in [1.807, 2.05) is 0 Å². The number of rotatable bonds is 12. The van der Waals surface area contributed by atoms with Crippen LogP contribution in [0.25, 0.3) is 0 Å². The summed E-state index contributed by atoms with van der Waals surface area (Å²) in [6.07, 6.45) is 10.2. The Bertz CT molecular complexity index is 529. The second kappa shape index (κ2) is 12.3. The van der Waals surface area contributed by atoms with Crippen molar-refractivity contribution in [1.29, 1.82) is 0 Å². The van der Waals surface area contributed by atoms with Crippen LogP contribution < -0.4 is 0 Å². The maximum absolute atomic E-state index is 11.9. The molecule has 0 aromatic rings. The highest BCUT2D eigenvalue weighted by Gasteiger charge is 2.53. The van der Waals surface area contributed by atoms with Gasteiger partial charge in [0, 0.05) is 38.7 Å². The molecule has 0 radical (unpaired) electrons. The molecule has 4 atom stereocenters. The third kappa shape index (κ3) is 7.37. The van der Waals surface area contributed by atoms with Crippen molar-refractivity contribution in [3.8, 4) is 0 Å². The topological polar surface area (TPSA) is 88.1 Å². The molecule has 7 heteroatoms. The molecule has 0 N–H and O–H groups in total. The average Bonchev–Trinajstić information content (AvgIpc) is 3.01. The number of methoxy groups -OCH3 is 1. The van der Waals surface area contributed by atoms with Crippen molar-refractivity contribution in [2.75, 3.05) is 13.7 Å². The van der Waals surface area contributed by atoms with Crippen LogP contribution in [0.5, 0.6) is 0 Å². The van der Waals surface area contributed by atoms with E-state index in [4.69, 9.17) is 14.2 Å². The van der Waals surface area contributed by atoms with Gasteiger partial charge in [-0.3, -0.25) is 9.59 Å². The van der Waals surface area contributed by atoms with E-state index < -0.39 is 5.79 Å². The van der Waals surface area contributed by atoms with Gasteiger partial charge < -0.3 is 23.7 Å². The van der Waals surface area contributed by atoms with E-state index in [2.05, 4.69) is 4.74 Å². The maximum Gasteiger partial charge on any atom is 0.305 e. The van der Waals surface area contributed by atoms with Crippen molar-refractivity contribution in [3.63, 3.8) is 0 Å². The fourth-order valence-electron chi connectivity index (χ4n) is 4.65. The van der Waals surface area contributed by atoms with Crippen LogP contribution in [0, 0.1) is 11.8 Å². The van der Waals surface area contributed by atoms with Gasteiger partial charge in [-0.2, -0.15) is 0 Å². The summed E-state index contributed by atoms with van der Waals surface area (Å²) in [7, 11) is 1.40. The second-order valence-corrected chi connectivity index (χ2v) is 8.16. The molecule has 166 valence electrons. The van der Waals surface area contributed by atoms with Crippen molar-refractivity contribution < 1.29 is 33.3 Å². The van der Waals surface area contributed by atoms with E-state index in [0.717, 1.165) is 64.1 Å². The summed E-state index contributed by atoms with van der Waals surface area (Å²) in [6.45, 7) is 2.06. The van der Waals surface area contributed by atoms with Crippen LogP contribution in [0.3, 0.4) is 0 Å². The lowest BCUT2D eigenvalue weighted by Gasteiger charge is -2.39. The van der Waals surface area contributed by atoms with Crippen LogP contribution in [0.1, 0.15) is 84.0 Å². The minimum Gasteiger partial charge on any atom is -0.469 e. The van der Waals surface area contributed by atoms with Gasteiger partial charge in [0.15, 0.2) is 6.29 Å². The highest BCUT2D eigenvalue weighted by atomic mass is 16.8. The van der Waals surface area contributed by atoms with Crippen LogP contribution in [-0.4, -0.2) is 44.0 Å². The molecule has 1 aliphatic carbocycles. The predicted octanol–water partition coefficient (Wildman–Crippen LogP) is 3.92. The fraction of sp³-hybridized carbons (Fsp3) is 0.864. The zero-order valence-corrected chi connectivity index (χ0v) is 17.9. The molecule has 7 nitrogen and oxygen atoms in total. The van der Waals surface area contributed by atoms with E-state index in [9.17, 15) is 14.4 Å². The molecule has 2 fully saturated rings. The van der Waals surface area contributed by atoms with Gasteiger partial charge in [0.25, 0.3) is 0 Å². The van der Waals surface area contributed by atoms with Gasteiger partial charge in [-0.05, 0) is 44.4 Å². The summed E-state index contributed by atoms with van der Waals surface area (Å²) in [5.74, 6) is -1.43. The Morgan fingerprint density at radius 3 is 2.59 bits per heavy atom. The van der Waals surface area contributed by atoms with Crippen molar-refractivity contribution in [2.45, 2.75) is 96.1 Å². The highest BCUT2D eigenvalue weighted by Crippen LogP contribution is 2.48. The molecule has 4 unspecified atom stereocenters. The van der Waals surface area contributed by atoms with Crippen LogP contribution in [0.2, 0.25) is 0 Å². The Balaban J connectivity index is 1.98. The standard InChI is InChI=1S/C22H36O7/c1-17(24)28-22(29-21-11-7-8-16-27-21)14-12-18(13-15-23)19(22)9-5-3-4-6-10-20(25)26-2/h15,18-19,21H,3-14,16H2,1-2H3. The quantitative estimate of drug-likeness (QED) is 0.208. The van der Waals surface area contributed by atoms with Crippen molar-refractivity contribution in [3.05, 3.63) is 0 Å². The summed E-state index contributed by atoms with van der Waals surface area (Å²) in [5, 5.41) is 0. The van der Waals surface area contributed by atoms with Crippen molar-refractivity contribution in [2.24, 2.45) is 11.8 Å². The van der Waals surface area contributed by atoms with Gasteiger partial charge >= 0.3 is 11.9 Å². The third-order valence-corrected chi connectivity index (χ3v) is 6.06. The minimum atomic E-state index is -1.01. The zero-order valence-electron chi connectivity index (χ0n) is 17.9. The Hall–Kier alpha value is -1.47. The summed E-state index contributed by atoms with van der Waals surface area (Å²) in [4.78, 5) is 34.3. The highest BCUT2D eigenvalue weighted by molar-refractivity contribution is 5.69. The van der Waals surface area contributed by atoms with Crippen molar-refractivity contribution >= 4 is 18.2 Å². The molecular weight excluding hydrogens is 376 g/mol. The Morgan fingerprint density at radius 2 is 1.93 bits per heavy atom. The molecule has 0 amide bonds. The molecule has 0 aromatic carbocycles. The van der Waals surface area contributed by atoms with Crippen molar-refractivity contribution in [1.82, 2.24) is 0 Å². The molecule has 1 saturated heterocycles. The van der Waals surface area contributed by atoms with Gasteiger partial charge in [0.05, 0.1) is 7.11 Å². The van der Waals surface area contributed by atoms with E-state index in [-0.39, 0.29) is 30.1 Å².